The zero-order valence-electron chi connectivity index (χ0n) is 22.6. The van der Waals surface area contributed by atoms with Crippen molar-refractivity contribution in [3.05, 3.63) is 74.5 Å². The van der Waals surface area contributed by atoms with Gasteiger partial charge in [-0.05, 0) is 58.8 Å². The molecule has 0 spiro atoms. The minimum Gasteiger partial charge on any atom is -1.00 e. The second-order valence-electron chi connectivity index (χ2n) is 8.42. The molecule has 0 atom stereocenters. The van der Waals surface area contributed by atoms with Crippen molar-refractivity contribution >= 4 is 117 Å². The normalized spacial score (nSPS) is 15.1. The SMILES string of the molecule is CSC1=C(SC)SC(=C2SC(SCCCCI)=C(SCCCC[n+]3ccc(-c4cc[n+](C)cc4)cc3)S2)S1.[I-].[I-]. The predicted octanol–water partition coefficient (Wildman–Crippen LogP) is 4.00. The molecule has 4 rings (SSSR count). The highest BCUT2D eigenvalue weighted by atomic mass is 127. The summed E-state index contributed by atoms with van der Waals surface area (Å²) >= 11 is 18.4. The maximum Gasteiger partial charge on any atom is 0.169 e. The van der Waals surface area contributed by atoms with Crippen LogP contribution in [-0.4, -0.2) is 28.4 Å². The van der Waals surface area contributed by atoms with Crippen LogP contribution in [0.15, 0.2) is 74.5 Å². The molecule has 2 aliphatic heterocycles. The summed E-state index contributed by atoms with van der Waals surface area (Å²) in [6, 6.07) is 8.81. The summed E-state index contributed by atoms with van der Waals surface area (Å²) in [5, 5.41) is 0. The maximum absolute atomic E-state index is 2.50. The second-order valence-corrected chi connectivity index (χ2v) is 19.0. The number of hydrogen-bond acceptors (Lipinski definition) is 8. The number of rotatable bonds is 14. The van der Waals surface area contributed by atoms with Gasteiger partial charge in [-0.1, -0.05) is 69.6 Å². The van der Waals surface area contributed by atoms with Crippen LogP contribution in [0.3, 0.4) is 0 Å². The van der Waals surface area contributed by atoms with Crippen molar-refractivity contribution in [3.63, 3.8) is 0 Å². The van der Waals surface area contributed by atoms with Crippen LogP contribution in [0.4, 0.5) is 0 Å². The van der Waals surface area contributed by atoms with Gasteiger partial charge in [0, 0.05) is 30.7 Å². The maximum atomic E-state index is 2.50. The summed E-state index contributed by atoms with van der Waals surface area (Å²) in [6.45, 7) is 1.08. The fourth-order valence-electron chi connectivity index (χ4n) is 3.55. The first-order valence-electron chi connectivity index (χ1n) is 12.4. The first-order chi connectivity index (χ1) is 18.6. The van der Waals surface area contributed by atoms with Gasteiger partial charge >= 0.3 is 0 Å². The van der Waals surface area contributed by atoms with E-state index in [-0.39, 0.29) is 48.0 Å². The first kappa shape index (κ1) is 38.7. The Labute approximate surface area is 322 Å². The molecule has 0 amide bonds. The molecule has 13 heteroatoms. The third kappa shape index (κ3) is 12.0. The van der Waals surface area contributed by atoms with Crippen LogP contribution in [0.2, 0.25) is 0 Å². The van der Waals surface area contributed by atoms with Crippen LogP contribution in [0.1, 0.15) is 25.7 Å². The molecule has 0 saturated carbocycles. The molecule has 0 radical (unpaired) electrons. The fraction of sp³-hybridized carbons (Fsp3) is 0.407. The lowest BCUT2D eigenvalue weighted by Gasteiger charge is -2.05. The Balaban J connectivity index is 0.00000280. The molecule has 0 saturated heterocycles. The van der Waals surface area contributed by atoms with E-state index in [0.717, 1.165) is 6.54 Å². The van der Waals surface area contributed by atoms with Gasteiger partial charge in [0.2, 0.25) is 0 Å². The van der Waals surface area contributed by atoms with E-state index >= 15 is 0 Å². The molecule has 220 valence electrons. The Kier molecular flexibility index (Phi) is 20.6. The zero-order valence-corrected chi connectivity index (χ0v) is 35.6. The summed E-state index contributed by atoms with van der Waals surface area (Å²) in [5.74, 6) is 2.42. The molecule has 0 aromatic carbocycles. The van der Waals surface area contributed by atoms with Crippen molar-refractivity contribution < 1.29 is 57.1 Å². The van der Waals surface area contributed by atoms with E-state index in [4.69, 9.17) is 0 Å². The Morgan fingerprint density at radius 1 is 0.650 bits per heavy atom. The molecule has 0 aliphatic carbocycles. The molecule has 40 heavy (non-hydrogen) atoms. The van der Waals surface area contributed by atoms with E-state index in [1.807, 2.05) is 70.6 Å². The van der Waals surface area contributed by atoms with Crippen molar-refractivity contribution in [1.82, 2.24) is 0 Å². The van der Waals surface area contributed by atoms with Crippen molar-refractivity contribution in [2.24, 2.45) is 7.05 Å². The number of unbranched alkanes of at least 4 members (excludes halogenated alkanes) is 2. The smallest absolute Gasteiger partial charge is 0.169 e. The predicted molar refractivity (Wildman–Crippen MR) is 194 cm³/mol. The average molecular weight is 1020 g/mol. The number of aromatic nitrogens is 2. The van der Waals surface area contributed by atoms with E-state index in [2.05, 4.69) is 124 Å². The van der Waals surface area contributed by atoms with Gasteiger partial charge in [0.1, 0.15) is 13.6 Å². The van der Waals surface area contributed by atoms with E-state index in [1.54, 1.807) is 4.24 Å². The van der Waals surface area contributed by atoms with Gasteiger partial charge in [0.15, 0.2) is 24.8 Å². The van der Waals surface area contributed by atoms with Gasteiger partial charge in [-0.2, -0.15) is 0 Å². The number of thioether (sulfide) groups is 8. The van der Waals surface area contributed by atoms with Crippen LogP contribution in [0.5, 0.6) is 0 Å². The van der Waals surface area contributed by atoms with Gasteiger partial charge in [0.05, 0.1) is 25.4 Å². The minimum absolute atomic E-state index is 0. The number of hydrogen-bond donors (Lipinski definition) is 0. The molecule has 2 aromatic rings. The molecule has 2 aliphatic rings. The number of pyridine rings is 2. The van der Waals surface area contributed by atoms with Crippen LogP contribution in [-0.2, 0) is 13.6 Å². The third-order valence-corrected chi connectivity index (χ3v) is 17.8. The van der Waals surface area contributed by atoms with E-state index < -0.39 is 0 Å². The Morgan fingerprint density at radius 2 is 1.10 bits per heavy atom. The largest absolute Gasteiger partial charge is 1.00 e. The quantitative estimate of drug-likeness (QED) is 0.120. The average Bonchev–Trinajstić information content (AvgIpc) is 3.55. The molecule has 0 bridgehead atoms. The van der Waals surface area contributed by atoms with Crippen molar-refractivity contribution in [1.29, 1.82) is 0 Å². The van der Waals surface area contributed by atoms with E-state index in [1.165, 1.54) is 73.9 Å². The number of halogens is 3. The number of alkyl halides is 1. The van der Waals surface area contributed by atoms with Gasteiger partial charge < -0.3 is 48.0 Å². The lowest BCUT2D eigenvalue weighted by atomic mass is 10.1. The molecule has 0 fully saturated rings. The highest BCUT2D eigenvalue weighted by molar-refractivity contribution is 14.1. The number of aryl methyl sites for hydroxylation is 2. The molecule has 2 nitrogen and oxygen atoms in total. The lowest BCUT2D eigenvalue weighted by Crippen LogP contribution is -3.00. The summed E-state index contributed by atoms with van der Waals surface area (Å²) in [5.41, 5.74) is 2.54. The summed E-state index contributed by atoms with van der Waals surface area (Å²) in [7, 11) is 2.05. The van der Waals surface area contributed by atoms with Crippen LogP contribution < -0.4 is 57.1 Å². The van der Waals surface area contributed by atoms with Gasteiger partial charge in [-0.15, -0.1) is 47.0 Å². The Bertz CT molecular complexity index is 1150. The van der Waals surface area contributed by atoms with Gasteiger partial charge in [0.25, 0.3) is 0 Å². The summed E-state index contributed by atoms with van der Waals surface area (Å²) < 4.78 is 14.6. The number of nitrogens with zero attached hydrogens (tertiary/aromatic N) is 2. The second kappa shape index (κ2) is 21.3. The van der Waals surface area contributed by atoms with E-state index in [0.29, 0.717) is 0 Å². The highest BCUT2D eigenvalue weighted by Crippen LogP contribution is 2.65. The monoisotopic (exact) mass is 1020 g/mol. The molecule has 2 aromatic heterocycles. The summed E-state index contributed by atoms with van der Waals surface area (Å²) in [4.78, 5) is 0. The minimum atomic E-state index is 0. The van der Waals surface area contributed by atoms with Gasteiger partial charge in [-0.25, -0.2) is 9.13 Å². The van der Waals surface area contributed by atoms with Gasteiger partial charge in [-0.3, -0.25) is 0 Å². The highest BCUT2D eigenvalue weighted by Gasteiger charge is 2.30. The molecule has 4 heterocycles. The molecular weight excluding hydrogens is 990 g/mol. The lowest BCUT2D eigenvalue weighted by molar-refractivity contribution is -0.697. The van der Waals surface area contributed by atoms with E-state index in [9.17, 15) is 0 Å². The Hall–Kier alpha value is 2.51. The molecular formula is C27H33I3N2S8. The zero-order chi connectivity index (χ0) is 26.7. The molecule has 0 N–H and O–H groups in total. The van der Waals surface area contributed by atoms with Crippen molar-refractivity contribution in [3.8, 4) is 11.1 Å². The standard InChI is InChI=1S/C27H33IN2S8.2HI/c1-29-14-8-20(9-15-29)21-10-16-30(17-11-21)13-5-7-19-34-25-24(33-18-6-4-12-28)37-27(38-25)26-35-22(31-2)23(32-3)36-26;;/h8-11,14-17H,4-7,12-13,18-19H2,1-3H3;2*1H/q+2;;/p-2. The Morgan fingerprint density at radius 3 is 1.57 bits per heavy atom. The fourth-order valence-corrected chi connectivity index (χ4v) is 15.4. The first-order valence-corrected chi connectivity index (χ1v) is 21.6. The topological polar surface area (TPSA) is 7.76 Å². The third-order valence-electron chi connectivity index (χ3n) is 5.62. The van der Waals surface area contributed by atoms with Crippen molar-refractivity contribution in [2.75, 3.05) is 28.4 Å². The van der Waals surface area contributed by atoms with Crippen LogP contribution >= 0.6 is 117 Å². The van der Waals surface area contributed by atoms with Crippen LogP contribution in [0.25, 0.3) is 11.1 Å². The van der Waals surface area contributed by atoms with Crippen molar-refractivity contribution in [2.45, 2.75) is 32.2 Å². The van der Waals surface area contributed by atoms with Crippen LogP contribution in [0, 0.1) is 0 Å². The summed E-state index contributed by atoms with van der Waals surface area (Å²) in [6.07, 6.45) is 18.1. The molecule has 0 unspecified atom stereocenters.